The standard InChI is InChI=1S/C14H29NO/c1-3-5-8-13(4-2)11-16-14(12-15)9-6-7-10-14/h13H,3-12,15H2,1-2H3. The van der Waals surface area contributed by atoms with Crippen molar-refractivity contribution in [1.82, 2.24) is 0 Å². The summed E-state index contributed by atoms with van der Waals surface area (Å²) in [6.45, 7) is 6.16. The molecule has 1 aliphatic carbocycles. The Morgan fingerprint density at radius 2 is 1.94 bits per heavy atom. The van der Waals surface area contributed by atoms with Crippen molar-refractivity contribution in [3.63, 3.8) is 0 Å². The van der Waals surface area contributed by atoms with Crippen LogP contribution >= 0.6 is 0 Å². The van der Waals surface area contributed by atoms with E-state index in [1.165, 1.54) is 51.4 Å². The molecule has 0 saturated heterocycles. The lowest BCUT2D eigenvalue weighted by Gasteiger charge is -2.30. The summed E-state index contributed by atoms with van der Waals surface area (Å²) < 4.78 is 6.16. The molecule has 0 spiro atoms. The molecule has 1 rings (SSSR count). The third-order valence-electron chi connectivity index (χ3n) is 4.06. The van der Waals surface area contributed by atoms with Crippen LogP contribution in [0.5, 0.6) is 0 Å². The molecule has 1 atom stereocenters. The number of unbranched alkanes of at least 4 members (excludes halogenated alkanes) is 1. The molecular weight excluding hydrogens is 198 g/mol. The van der Waals surface area contributed by atoms with E-state index in [9.17, 15) is 0 Å². The maximum Gasteiger partial charge on any atom is 0.0804 e. The lowest BCUT2D eigenvalue weighted by molar-refractivity contribution is -0.0516. The number of hydrogen-bond acceptors (Lipinski definition) is 2. The Kier molecular flexibility index (Phi) is 6.37. The van der Waals surface area contributed by atoms with Crippen LogP contribution in [0.2, 0.25) is 0 Å². The summed E-state index contributed by atoms with van der Waals surface area (Å²) >= 11 is 0. The third kappa shape index (κ3) is 4.06. The van der Waals surface area contributed by atoms with Gasteiger partial charge < -0.3 is 10.5 Å². The van der Waals surface area contributed by atoms with Crippen LogP contribution < -0.4 is 5.73 Å². The minimum absolute atomic E-state index is 0.0413. The smallest absolute Gasteiger partial charge is 0.0804 e. The molecule has 0 heterocycles. The van der Waals surface area contributed by atoms with Gasteiger partial charge in [0.15, 0.2) is 0 Å². The summed E-state index contributed by atoms with van der Waals surface area (Å²) in [5.74, 6) is 0.740. The van der Waals surface area contributed by atoms with Crippen molar-refractivity contribution < 1.29 is 4.74 Å². The molecule has 2 nitrogen and oxygen atoms in total. The van der Waals surface area contributed by atoms with Gasteiger partial charge in [0.1, 0.15) is 0 Å². The van der Waals surface area contributed by atoms with Gasteiger partial charge in [0.05, 0.1) is 12.2 Å². The van der Waals surface area contributed by atoms with Crippen molar-refractivity contribution in [2.24, 2.45) is 11.7 Å². The van der Waals surface area contributed by atoms with Gasteiger partial charge in [-0.15, -0.1) is 0 Å². The molecule has 1 unspecified atom stereocenters. The molecule has 1 fully saturated rings. The first-order chi connectivity index (χ1) is 7.76. The van der Waals surface area contributed by atoms with Crippen LogP contribution in [-0.2, 0) is 4.74 Å². The Hall–Kier alpha value is -0.0800. The molecular formula is C14H29NO. The summed E-state index contributed by atoms with van der Waals surface area (Å²) in [6, 6.07) is 0. The first-order valence-electron chi connectivity index (χ1n) is 7.10. The molecule has 16 heavy (non-hydrogen) atoms. The van der Waals surface area contributed by atoms with Crippen molar-refractivity contribution >= 4 is 0 Å². The van der Waals surface area contributed by atoms with E-state index in [0.29, 0.717) is 6.54 Å². The van der Waals surface area contributed by atoms with Gasteiger partial charge in [-0.25, -0.2) is 0 Å². The molecule has 0 aromatic carbocycles. The number of rotatable bonds is 8. The van der Waals surface area contributed by atoms with Gasteiger partial charge in [-0.1, -0.05) is 46.0 Å². The molecule has 0 amide bonds. The fourth-order valence-corrected chi connectivity index (χ4v) is 2.62. The predicted molar refractivity (Wildman–Crippen MR) is 69.5 cm³/mol. The first kappa shape index (κ1) is 14.0. The fourth-order valence-electron chi connectivity index (χ4n) is 2.62. The number of ether oxygens (including phenoxy) is 1. The molecule has 2 heteroatoms. The normalized spacial score (nSPS) is 21.2. The van der Waals surface area contributed by atoms with Gasteiger partial charge in [-0.2, -0.15) is 0 Å². The van der Waals surface area contributed by atoms with Crippen LogP contribution in [0.15, 0.2) is 0 Å². The van der Waals surface area contributed by atoms with E-state index in [1.807, 2.05) is 0 Å². The lowest BCUT2D eigenvalue weighted by Crippen LogP contribution is -2.39. The molecule has 96 valence electrons. The van der Waals surface area contributed by atoms with Gasteiger partial charge in [0.25, 0.3) is 0 Å². The highest BCUT2D eigenvalue weighted by molar-refractivity contribution is 4.87. The van der Waals surface area contributed by atoms with E-state index in [4.69, 9.17) is 10.5 Å². The number of nitrogens with two attached hydrogens (primary N) is 1. The van der Waals surface area contributed by atoms with Crippen LogP contribution in [0.4, 0.5) is 0 Å². The topological polar surface area (TPSA) is 35.2 Å². The lowest BCUT2D eigenvalue weighted by atomic mass is 9.98. The molecule has 0 bridgehead atoms. The second-order valence-corrected chi connectivity index (χ2v) is 5.32. The average Bonchev–Trinajstić information content (AvgIpc) is 2.79. The van der Waals surface area contributed by atoms with E-state index in [0.717, 1.165) is 12.5 Å². The second kappa shape index (κ2) is 7.29. The summed E-state index contributed by atoms with van der Waals surface area (Å²) in [6.07, 6.45) is 10.1. The Morgan fingerprint density at radius 1 is 1.25 bits per heavy atom. The molecule has 0 aliphatic heterocycles. The molecule has 1 aliphatic rings. The largest absolute Gasteiger partial charge is 0.373 e. The van der Waals surface area contributed by atoms with Crippen LogP contribution in [0.3, 0.4) is 0 Å². The summed E-state index contributed by atoms with van der Waals surface area (Å²) in [5, 5.41) is 0. The zero-order chi connectivity index (χ0) is 11.9. The van der Waals surface area contributed by atoms with Crippen LogP contribution in [0.25, 0.3) is 0 Å². The molecule has 0 aromatic rings. The fraction of sp³-hybridized carbons (Fsp3) is 1.00. The van der Waals surface area contributed by atoms with Gasteiger partial charge in [-0.05, 0) is 25.2 Å². The monoisotopic (exact) mass is 227 g/mol. The van der Waals surface area contributed by atoms with Crippen LogP contribution in [0, 0.1) is 5.92 Å². The highest BCUT2D eigenvalue weighted by atomic mass is 16.5. The highest BCUT2D eigenvalue weighted by Gasteiger charge is 2.33. The van der Waals surface area contributed by atoms with Crippen molar-refractivity contribution in [2.75, 3.05) is 13.2 Å². The summed E-state index contributed by atoms with van der Waals surface area (Å²) in [7, 11) is 0. The van der Waals surface area contributed by atoms with E-state index in [1.54, 1.807) is 0 Å². The quantitative estimate of drug-likeness (QED) is 0.689. The third-order valence-corrected chi connectivity index (χ3v) is 4.06. The van der Waals surface area contributed by atoms with Gasteiger partial charge in [0, 0.05) is 6.54 Å². The van der Waals surface area contributed by atoms with Gasteiger partial charge >= 0.3 is 0 Å². The van der Waals surface area contributed by atoms with Gasteiger partial charge in [0.2, 0.25) is 0 Å². The Balaban J connectivity index is 2.29. The maximum atomic E-state index is 6.16. The van der Waals surface area contributed by atoms with E-state index >= 15 is 0 Å². The maximum absolute atomic E-state index is 6.16. The van der Waals surface area contributed by atoms with Crippen molar-refractivity contribution in [2.45, 2.75) is 70.8 Å². The van der Waals surface area contributed by atoms with Crippen molar-refractivity contribution in [1.29, 1.82) is 0 Å². The zero-order valence-electron chi connectivity index (χ0n) is 11.1. The number of hydrogen-bond donors (Lipinski definition) is 1. The molecule has 1 saturated carbocycles. The Bertz CT molecular complexity index is 176. The Labute approximate surface area is 101 Å². The van der Waals surface area contributed by atoms with Crippen molar-refractivity contribution in [3.05, 3.63) is 0 Å². The zero-order valence-corrected chi connectivity index (χ0v) is 11.1. The van der Waals surface area contributed by atoms with Crippen molar-refractivity contribution in [3.8, 4) is 0 Å². The van der Waals surface area contributed by atoms with Crippen LogP contribution in [0.1, 0.15) is 65.2 Å². The van der Waals surface area contributed by atoms with Gasteiger partial charge in [-0.3, -0.25) is 0 Å². The van der Waals surface area contributed by atoms with E-state index < -0.39 is 0 Å². The minimum atomic E-state index is 0.0413. The first-order valence-corrected chi connectivity index (χ1v) is 7.10. The summed E-state index contributed by atoms with van der Waals surface area (Å²) in [5.41, 5.74) is 5.91. The van der Waals surface area contributed by atoms with E-state index in [2.05, 4.69) is 13.8 Å². The van der Waals surface area contributed by atoms with E-state index in [-0.39, 0.29) is 5.60 Å². The molecule has 0 aromatic heterocycles. The minimum Gasteiger partial charge on any atom is -0.373 e. The SMILES string of the molecule is CCCCC(CC)COC1(CN)CCCC1. The average molecular weight is 227 g/mol. The molecule has 0 radical (unpaired) electrons. The molecule has 2 N–H and O–H groups in total. The Morgan fingerprint density at radius 3 is 2.44 bits per heavy atom. The second-order valence-electron chi connectivity index (χ2n) is 5.32. The summed E-state index contributed by atoms with van der Waals surface area (Å²) in [4.78, 5) is 0. The van der Waals surface area contributed by atoms with Crippen LogP contribution in [-0.4, -0.2) is 18.8 Å². The highest BCUT2D eigenvalue weighted by Crippen LogP contribution is 2.33. The predicted octanol–water partition coefficient (Wildman–Crippen LogP) is 3.49.